The maximum Gasteiger partial charge on any atom is 0.437 e. The molecule has 3 N–H and O–H groups in total. The maximum atomic E-state index is 13.1. The van der Waals surface area contributed by atoms with Gasteiger partial charge >= 0.3 is 12.2 Å². The third kappa shape index (κ3) is 2.56. The highest BCUT2D eigenvalue weighted by molar-refractivity contribution is 5.86. The van der Waals surface area contributed by atoms with Crippen LogP contribution in [-0.4, -0.2) is 33.8 Å². The van der Waals surface area contributed by atoms with Crippen LogP contribution in [0.5, 0.6) is 0 Å². The summed E-state index contributed by atoms with van der Waals surface area (Å²) in [6, 6.07) is 0.200. The highest BCUT2D eigenvalue weighted by atomic mass is 19.4. The van der Waals surface area contributed by atoms with Gasteiger partial charge in [0.1, 0.15) is 5.78 Å². The number of rotatable bonds is 2. The molecule has 2 rings (SSSR count). The molecule has 0 spiro atoms. The molecular weight excluding hydrogens is 291 g/mol. The van der Waals surface area contributed by atoms with Gasteiger partial charge in [0, 0.05) is 12.4 Å². The highest BCUT2D eigenvalue weighted by Gasteiger charge is 2.65. The van der Waals surface area contributed by atoms with Gasteiger partial charge in [-0.1, -0.05) is 0 Å². The molecule has 1 fully saturated rings. The first-order valence-electron chi connectivity index (χ1n) is 5.95. The number of hydrogen-bond donors (Lipinski definition) is 3. The van der Waals surface area contributed by atoms with Crippen LogP contribution in [0.2, 0.25) is 0 Å². The van der Waals surface area contributed by atoms with Crippen molar-refractivity contribution in [3.63, 3.8) is 0 Å². The number of nitrogens with zero attached hydrogens (tertiary/aromatic N) is 1. The second kappa shape index (κ2) is 4.99. The largest absolute Gasteiger partial charge is 0.437 e. The van der Waals surface area contributed by atoms with E-state index in [2.05, 4.69) is 10.3 Å². The molecule has 21 heavy (non-hydrogen) atoms. The third-order valence-corrected chi connectivity index (χ3v) is 3.31. The van der Waals surface area contributed by atoms with Crippen molar-refractivity contribution in [1.82, 2.24) is 15.6 Å². The van der Waals surface area contributed by atoms with Crippen molar-refractivity contribution in [2.45, 2.75) is 24.9 Å². The lowest BCUT2D eigenvalue weighted by molar-refractivity contribution is -0.290. The van der Waals surface area contributed by atoms with Gasteiger partial charge in [0.2, 0.25) is 5.72 Å². The van der Waals surface area contributed by atoms with Gasteiger partial charge in [0.25, 0.3) is 0 Å². The average Bonchev–Trinajstić information content (AvgIpc) is 2.37. The molecule has 2 heterocycles. The molecule has 0 bridgehead atoms. The molecular formula is C12H12F3N3O3. The number of aliphatic hydroxyl groups is 1. The van der Waals surface area contributed by atoms with Gasteiger partial charge in [0.05, 0.1) is 12.0 Å². The van der Waals surface area contributed by atoms with Gasteiger partial charge in [-0.3, -0.25) is 9.78 Å². The van der Waals surface area contributed by atoms with E-state index in [1.165, 1.54) is 29.8 Å². The standard InChI is InChI=1S/C12H12F3N3O3/c1-6(19)8-9(7-2-4-16-5-3-7)17-10(20)18-11(8,21)12(13,14)15/h2-5,8-9,21H,1H3,(H2,17,18,20)/t8-,9-,11+/m1/s1. The summed E-state index contributed by atoms with van der Waals surface area (Å²) in [6.07, 6.45) is -2.58. The van der Waals surface area contributed by atoms with E-state index in [9.17, 15) is 27.9 Å². The molecule has 9 heteroatoms. The van der Waals surface area contributed by atoms with Crippen molar-refractivity contribution in [1.29, 1.82) is 0 Å². The zero-order valence-corrected chi connectivity index (χ0v) is 10.8. The van der Waals surface area contributed by atoms with Crippen LogP contribution in [0.3, 0.4) is 0 Å². The van der Waals surface area contributed by atoms with Crippen molar-refractivity contribution in [2.75, 3.05) is 0 Å². The quantitative estimate of drug-likeness (QED) is 0.757. The zero-order chi connectivity index (χ0) is 15.8. The number of carbonyl (C=O) groups excluding carboxylic acids is 2. The Morgan fingerprint density at radius 1 is 1.38 bits per heavy atom. The molecule has 2 amide bonds. The first kappa shape index (κ1) is 15.2. The topological polar surface area (TPSA) is 91.3 Å². The summed E-state index contributed by atoms with van der Waals surface area (Å²) in [4.78, 5) is 26.9. The fourth-order valence-electron chi connectivity index (χ4n) is 2.38. The van der Waals surface area contributed by atoms with E-state index >= 15 is 0 Å². The molecule has 0 saturated carbocycles. The molecule has 1 aromatic rings. The summed E-state index contributed by atoms with van der Waals surface area (Å²) in [5, 5.41) is 13.5. The number of pyridine rings is 1. The number of hydrogen-bond acceptors (Lipinski definition) is 4. The van der Waals surface area contributed by atoms with Gasteiger partial charge in [-0.25, -0.2) is 4.79 Å². The van der Waals surface area contributed by atoms with Crippen LogP contribution in [-0.2, 0) is 4.79 Å². The van der Waals surface area contributed by atoms with E-state index in [-0.39, 0.29) is 5.56 Å². The Hall–Kier alpha value is -2.16. The van der Waals surface area contributed by atoms with Crippen molar-refractivity contribution < 1.29 is 27.9 Å². The van der Waals surface area contributed by atoms with Crippen molar-refractivity contribution in [2.24, 2.45) is 5.92 Å². The Bertz CT molecular complexity index is 564. The van der Waals surface area contributed by atoms with E-state index in [0.29, 0.717) is 0 Å². The zero-order valence-electron chi connectivity index (χ0n) is 10.8. The third-order valence-electron chi connectivity index (χ3n) is 3.31. The first-order valence-corrected chi connectivity index (χ1v) is 5.95. The molecule has 1 saturated heterocycles. The van der Waals surface area contributed by atoms with Crippen LogP contribution in [0.4, 0.5) is 18.0 Å². The van der Waals surface area contributed by atoms with E-state index < -0.39 is 35.7 Å². The number of amides is 2. The van der Waals surface area contributed by atoms with Crippen LogP contribution in [0.15, 0.2) is 24.5 Å². The fraction of sp³-hybridized carbons (Fsp3) is 0.417. The molecule has 1 aliphatic rings. The van der Waals surface area contributed by atoms with Gasteiger partial charge in [-0.15, -0.1) is 0 Å². The minimum Gasteiger partial charge on any atom is -0.363 e. The number of nitrogens with one attached hydrogen (secondary N) is 2. The predicted octanol–water partition coefficient (Wildman–Crippen LogP) is 0.892. The van der Waals surface area contributed by atoms with Crippen molar-refractivity contribution in [3.05, 3.63) is 30.1 Å². The lowest BCUT2D eigenvalue weighted by Gasteiger charge is -2.44. The minimum absolute atomic E-state index is 0.239. The summed E-state index contributed by atoms with van der Waals surface area (Å²) in [7, 11) is 0. The van der Waals surface area contributed by atoms with Gasteiger partial charge in [-0.05, 0) is 24.6 Å². The van der Waals surface area contributed by atoms with Gasteiger partial charge < -0.3 is 15.7 Å². The number of urea groups is 1. The molecule has 0 aromatic carbocycles. The van der Waals surface area contributed by atoms with Gasteiger partial charge in [0.15, 0.2) is 0 Å². The smallest absolute Gasteiger partial charge is 0.363 e. The number of Topliss-reactive ketones (excluding diaryl/α,β-unsaturated/α-hetero) is 1. The molecule has 1 aromatic heterocycles. The first-order chi connectivity index (χ1) is 9.67. The Balaban J connectivity index is 2.54. The molecule has 114 valence electrons. The number of carbonyl (C=O) groups is 2. The van der Waals surface area contributed by atoms with Crippen LogP contribution in [0, 0.1) is 5.92 Å². The summed E-state index contributed by atoms with van der Waals surface area (Å²) < 4.78 is 39.4. The fourth-order valence-corrected chi connectivity index (χ4v) is 2.38. The van der Waals surface area contributed by atoms with E-state index in [0.717, 1.165) is 6.92 Å². The lowest BCUT2D eigenvalue weighted by Crippen LogP contribution is -2.72. The molecule has 6 nitrogen and oxygen atoms in total. The summed E-state index contributed by atoms with van der Waals surface area (Å²) in [6.45, 7) is 0.925. The Morgan fingerprint density at radius 2 is 1.95 bits per heavy atom. The molecule has 1 aliphatic heterocycles. The molecule has 0 radical (unpaired) electrons. The predicted molar refractivity (Wildman–Crippen MR) is 63.8 cm³/mol. The second-order valence-corrected chi connectivity index (χ2v) is 4.71. The Labute approximate surface area is 117 Å². The van der Waals surface area contributed by atoms with Crippen LogP contribution in [0.25, 0.3) is 0 Å². The number of ketones is 1. The van der Waals surface area contributed by atoms with Crippen LogP contribution in [0.1, 0.15) is 18.5 Å². The van der Waals surface area contributed by atoms with E-state index in [4.69, 9.17) is 0 Å². The SMILES string of the molecule is CC(=O)[C@@H]1[C@@H](c2ccncc2)NC(=O)N[C@@]1(O)C(F)(F)F. The van der Waals surface area contributed by atoms with Crippen LogP contribution < -0.4 is 10.6 Å². The molecule has 0 unspecified atom stereocenters. The number of alkyl halides is 3. The highest BCUT2D eigenvalue weighted by Crippen LogP contribution is 2.42. The average molecular weight is 303 g/mol. The number of halogens is 3. The van der Waals surface area contributed by atoms with Gasteiger partial charge in [-0.2, -0.15) is 13.2 Å². The van der Waals surface area contributed by atoms with E-state index in [1.807, 2.05) is 0 Å². The monoisotopic (exact) mass is 303 g/mol. The summed E-state index contributed by atoms with van der Waals surface area (Å²) >= 11 is 0. The minimum atomic E-state index is -5.20. The van der Waals surface area contributed by atoms with Crippen molar-refractivity contribution in [3.8, 4) is 0 Å². The molecule has 0 aliphatic carbocycles. The second-order valence-electron chi connectivity index (χ2n) is 4.71. The summed E-state index contributed by atoms with van der Waals surface area (Å²) in [5.74, 6) is -2.83. The number of aromatic nitrogens is 1. The van der Waals surface area contributed by atoms with Crippen molar-refractivity contribution >= 4 is 11.8 Å². The normalized spacial score (nSPS) is 29.5. The maximum absolute atomic E-state index is 13.1. The summed E-state index contributed by atoms with van der Waals surface area (Å²) in [5.41, 5.74) is -3.39. The van der Waals surface area contributed by atoms with E-state index in [1.54, 1.807) is 0 Å². The van der Waals surface area contributed by atoms with Crippen LogP contribution >= 0.6 is 0 Å². The Morgan fingerprint density at radius 3 is 2.43 bits per heavy atom. The molecule has 3 atom stereocenters. The lowest BCUT2D eigenvalue weighted by atomic mass is 9.80. The Kier molecular flexibility index (Phi) is 3.62.